The fraction of sp³-hybridized carbons (Fsp3) is 0.918. The highest BCUT2D eigenvalue weighted by Crippen LogP contribution is 2.18. The molecule has 0 aromatic heterocycles. The second kappa shape index (κ2) is 53.3. The summed E-state index contributed by atoms with van der Waals surface area (Å²) < 4.78 is 22.9. The van der Waals surface area contributed by atoms with Gasteiger partial charge in [0.1, 0.15) is 13.2 Å². The number of carbonyl (C=O) groups excluding carboxylic acids is 2. The smallest absolute Gasteiger partial charge is 0.361 e. The number of hydrogen-bond donors (Lipinski definition) is 1. The van der Waals surface area contributed by atoms with Gasteiger partial charge in [0.15, 0.2) is 6.10 Å². The predicted molar refractivity (Wildman–Crippen MR) is 295 cm³/mol. The van der Waals surface area contributed by atoms with E-state index in [1.54, 1.807) is 0 Å². The van der Waals surface area contributed by atoms with Gasteiger partial charge < -0.3 is 28.5 Å². The molecule has 0 aromatic rings. The molecule has 70 heavy (non-hydrogen) atoms. The molecule has 0 aliphatic rings. The van der Waals surface area contributed by atoms with Crippen LogP contribution in [0.25, 0.3) is 0 Å². The van der Waals surface area contributed by atoms with Gasteiger partial charge in [-0.2, -0.15) is 0 Å². The topological polar surface area (TPSA) is 108 Å². The van der Waals surface area contributed by atoms with E-state index in [9.17, 15) is 19.5 Å². The minimum atomic E-state index is -1.50. The Labute approximate surface area is 434 Å². The number of rotatable bonds is 57. The molecule has 2 unspecified atom stereocenters. The van der Waals surface area contributed by atoms with Crippen molar-refractivity contribution in [3.63, 3.8) is 0 Å². The van der Waals surface area contributed by atoms with Crippen LogP contribution in [0.5, 0.6) is 0 Å². The molecule has 0 bridgehead atoms. The minimum Gasteiger partial charge on any atom is -0.477 e. The molecule has 9 nitrogen and oxygen atoms in total. The zero-order valence-corrected chi connectivity index (χ0v) is 47.2. The van der Waals surface area contributed by atoms with Crippen molar-refractivity contribution in [3.8, 4) is 0 Å². The molecule has 9 heteroatoms. The summed E-state index contributed by atoms with van der Waals surface area (Å²) in [6.07, 6.45) is 58.7. The first-order valence-electron chi connectivity index (χ1n) is 30.4. The van der Waals surface area contributed by atoms with Crippen molar-refractivity contribution in [2.75, 3.05) is 47.5 Å². The highest BCUT2D eigenvalue weighted by molar-refractivity contribution is 5.71. The van der Waals surface area contributed by atoms with E-state index in [1.807, 2.05) is 21.1 Å². The lowest BCUT2D eigenvalue weighted by Gasteiger charge is -2.25. The molecule has 0 radical (unpaired) electrons. The zero-order chi connectivity index (χ0) is 51.3. The fourth-order valence-corrected chi connectivity index (χ4v) is 9.07. The van der Waals surface area contributed by atoms with Crippen molar-refractivity contribution >= 4 is 17.9 Å². The van der Waals surface area contributed by atoms with Gasteiger partial charge in [-0.05, 0) is 38.5 Å². The van der Waals surface area contributed by atoms with E-state index in [-0.39, 0.29) is 38.2 Å². The Morgan fingerprint density at radius 2 is 0.729 bits per heavy atom. The lowest BCUT2D eigenvalue weighted by molar-refractivity contribution is -0.870. The number of allylic oxidation sites excluding steroid dienone is 2. The highest BCUT2D eigenvalue weighted by atomic mass is 16.7. The van der Waals surface area contributed by atoms with Crippen molar-refractivity contribution in [2.24, 2.45) is 0 Å². The summed E-state index contributed by atoms with van der Waals surface area (Å²) in [7, 11) is 5.98. The van der Waals surface area contributed by atoms with Crippen LogP contribution in [0.3, 0.4) is 0 Å². The summed E-state index contributed by atoms with van der Waals surface area (Å²) in [5.41, 5.74) is 0. The van der Waals surface area contributed by atoms with E-state index in [1.165, 1.54) is 238 Å². The second-order valence-corrected chi connectivity index (χ2v) is 22.0. The van der Waals surface area contributed by atoms with Crippen LogP contribution in [0, 0.1) is 0 Å². The molecule has 0 aliphatic heterocycles. The first-order valence-corrected chi connectivity index (χ1v) is 30.4. The lowest BCUT2D eigenvalue weighted by Crippen LogP contribution is -2.40. The predicted octanol–water partition coefficient (Wildman–Crippen LogP) is 17.7. The van der Waals surface area contributed by atoms with Crippen molar-refractivity contribution in [1.82, 2.24) is 0 Å². The number of unbranched alkanes of at least 4 members (excludes halogenated alkanes) is 40. The zero-order valence-electron chi connectivity index (χ0n) is 47.2. The summed E-state index contributed by atoms with van der Waals surface area (Å²) in [5.74, 6) is -1.98. The van der Waals surface area contributed by atoms with Crippen LogP contribution >= 0.6 is 0 Å². The maximum atomic E-state index is 12.9. The van der Waals surface area contributed by atoms with Crippen molar-refractivity contribution in [3.05, 3.63) is 12.2 Å². The Hall–Kier alpha value is -1.97. The number of hydrogen-bond acceptors (Lipinski definition) is 7. The first kappa shape index (κ1) is 68.0. The first-order chi connectivity index (χ1) is 34.1. The minimum absolute atomic E-state index is 0.174. The molecule has 2 atom stereocenters. The molecule has 1 N–H and O–H groups in total. The lowest BCUT2D eigenvalue weighted by atomic mass is 10.0. The Balaban J connectivity index is 4.15. The summed E-state index contributed by atoms with van der Waals surface area (Å²) >= 11 is 0. The molecule has 0 amide bonds. The van der Waals surface area contributed by atoms with Gasteiger partial charge in [-0.15, -0.1) is 0 Å². The average molecular weight is 994 g/mol. The quantitative estimate of drug-likeness (QED) is 0.0211. The van der Waals surface area contributed by atoms with Crippen molar-refractivity contribution < 1.29 is 42.9 Å². The van der Waals surface area contributed by atoms with Gasteiger partial charge in [0.05, 0.1) is 34.4 Å². The van der Waals surface area contributed by atoms with E-state index in [0.717, 1.165) is 38.5 Å². The van der Waals surface area contributed by atoms with Gasteiger partial charge in [-0.1, -0.05) is 264 Å². The molecule has 0 spiro atoms. The number of aliphatic carboxylic acids is 1. The number of likely N-dealkylation sites (N-methyl/N-ethyl adjacent to an activating group) is 1. The summed E-state index contributed by atoms with van der Waals surface area (Å²) in [6.45, 7) is 4.94. The standard InChI is InChI=1S/C61H117NO8/c1-6-8-10-12-14-16-18-20-22-24-26-27-28-29-30-31-32-33-34-36-38-40-42-44-46-48-50-52-59(64)70-57(56-69-61(60(65)66)67-54-53-62(3,4)5)55-68-58(63)51-49-47-45-43-41-39-37-35-25-23-21-19-17-15-13-11-9-7-2/h24,26,57,61H,6-23,25,27-56H2,1-5H3/p+1/b26-24-. The Morgan fingerprint density at radius 3 is 1.06 bits per heavy atom. The van der Waals surface area contributed by atoms with Crippen LogP contribution < -0.4 is 0 Å². The van der Waals surface area contributed by atoms with E-state index < -0.39 is 18.4 Å². The van der Waals surface area contributed by atoms with Gasteiger partial charge in [0, 0.05) is 12.8 Å². The summed E-state index contributed by atoms with van der Waals surface area (Å²) in [5, 5.41) is 9.71. The Morgan fingerprint density at radius 1 is 0.414 bits per heavy atom. The van der Waals surface area contributed by atoms with E-state index in [4.69, 9.17) is 18.9 Å². The summed E-state index contributed by atoms with van der Waals surface area (Å²) in [4.78, 5) is 37.4. The maximum absolute atomic E-state index is 12.9. The van der Waals surface area contributed by atoms with E-state index >= 15 is 0 Å². The SMILES string of the molecule is CCCCCCCCCC/C=C\CCCCCCCCCCCCCCCCCC(=O)OC(COC(=O)CCCCCCCCCCCCCCCCCCCC)COC(OCC[N+](C)(C)C)C(=O)O. The van der Waals surface area contributed by atoms with E-state index in [0.29, 0.717) is 17.4 Å². The third-order valence-electron chi connectivity index (χ3n) is 13.8. The Kier molecular flexibility index (Phi) is 51.8. The number of carboxylic acids is 1. The van der Waals surface area contributed by atoms with Gasteiger partial charge in [-0.3, -0.25) is 9.59 Å². The van der Waals surface area contributed by atoms with Crippen LogP contribution in [0.4, 0.5) is 0 Å². The normalized spacial score (nSPS) is 12.8. The van der Waals surface area contributed by atoms with Crippen LogP contribution in [-0.4, -0.2) is 87.4 Å². The third kappa shape index (κ3) is 53.8. The maximum Gasteiger partial charge on any atom is 0.361 e. The molecule has 0 aromatic carbocycles. The van der Waals surface area contributed by atoms with Crippen LogP contribution in [0.15, 0.2) is 12.2 Å². The number of ether oxygens (including phenoxy) is 4. The van der Waals surface area contributed by atoms with Gasteiger partial charge in [-0.25, -0.2) is 4.79 Å². The monoisotopic (exact) mass is 993 g/mol. The van der Waals surface area contributed by atoms with Crippen molar-refractivity contribution in [1.29, 1.82) is 0 Å². The molecule has 0 rings (SSSR count). The fourth-order valence-electron chi connectivity index (χ4n) is 9.07. The number of nitrogens with zero attached hydrogens (tertiary/aromatic N) is 1. The number of esters is 2. The highest BCUT2D eigenvalue weighted by Gasteiger charge is 2.25. The van der Waals surface area contributed by atoms with Crippen LogP contribution in [0.1, 0.15) is 303 Å². The molecule has 0 aliphatic carbocycles. The third-order valence-corrected chi connectivity index (χ3v) is 13.8. The van der Waals surface area contributed by atoms with Crippen molar-refractivity contribution in [2.45, 2.75) is 315 Å². The van der Waals surface area contributed by atoms with Crippen LogP contribution in [0.2, 0.25) is 0 Å². The van der Waals surface area contributed by atoms with E-state index in [2.05, 4.69) is 26.0 Å². The Bertz CT molecular complexity index is 1150. The number of carbonyl (C=O) groups is 3. The molecule has 0 saturated carbocycles. The van der Waals surface area contributed by atoms with Gasteiger partial charge in [0.25, 0.3) is 6.29 Å². The van der Waals surface area contributed by atoms with Crippen LogP contribution in [-0.2, 0) is 33.3 Å². The van der Waals surface area contributed by atoms with Gasteiger partial charge in [0.2, 0.25) is 0 Å². The molecular weight excluding hydrogens is 875 g/mol. The molecule has 414 valence electrons. The molecule has 0 saturated heterocycles. The largest absolute Gasteiger partial charge is 0.477 e. The number of carboxylic acid groups (broad SMARTS) is 1. The average Bonchev–Trinajstić information content (AvgIpc) is 3.33. The second-order valence-electron chi connectivity index (χ2n) is 22.0. The molecule has 0 fully saturated rings. The van der Waals surface area contributed by atoms with Gasteiger partial charge >= 0.3 is 17.9 Å². The molecular formula is C61H118NO8+. The number of quaternary nitrogens is 1. The molecule has 0 heterocycles. The summed E-state index contributed by atoms with van der Waals surface area (Å²) in [6, 6.07) is 0.